The average molecular weight is 192 g/mol. The molecule has 1 fully saturated rings. The van der Waals surface area contributed by atoms with Crippen LogP contribution in [-0.4, -0.2) is 19.0 Å². The number of esters is 1. The van der Waals surface area contributed by atoms with Gasteiger partial charge in [-0.25, -0.2) is 8.78 Å². The number of carbonyl (C=O) groups is 1. The van der Waals surface area contributed by atoms with Gasteiger partial charge in [-0.3, -0.25) is 4.79 Å². The molecular formula is C9H14F2O2. The van der Waals surface area contributed by atoms with Crippen LogP contribution in [0.25, 0.3) is 0 Å². The molecule has 0 aromatic heterocycles. The Morgan fingerprint density at radius 1 is 1.46 bits per heavy atom. The molecule has 2 unspecified atom stereocenters. The van der Waals surface area contributed by atoms with Crippen LogP contribution < -0.4 is 0 Å². The van der Waals surface area contributed by atoms with E-state index < -0.39 is 11.8 Å². The summed E-state index contributed by atoms with van der Waals surface area (Å²) in [5.41, 5.74) is 0. The van der Waals surface area contributed by atoms with Crippen molar-refractivity contribution in [2.24, 2.45) is 11.8 Å². The summed E-state index contributed by atoms with van der Waals surface area (Å²) in [4.78, 5) is 11.0. The van der Waals surface area contributed by atoms with Crippen LogP contribution in [0.3, 0.4) is 0 Å². The Morgan fingerprint density at radius 2 is 2.08 bits per heavy atom. The molecule has 0 N–H and O–H groups in total. The Balaban J connectivity index is 2.50. The lowest BCUT2D eigenvalue weighted by atomic mass is 9.99. The van der Waals surface area contributed by atoms with Crippen LogP contribution in [0.4, 0.5) is 8.78 Å². The van der Waals surface area contributed by atoms with Gasteiger partial charge >= 0.3 is 5.97 Å². The molecule has 0 heterocycles. The molecule has 13 heavy (non-hydrogen) atoms. The quantitative estimate of drug-likeness (QED) is 0.627. The van der Waals surface area contributed by atoms with E-state index in [2.05, 4.69) is 4.74 Å². The third kappa shape index (κ3) is 2.39. The molecule has 4 heteroatoms. The number of hydrogen-bond acceptors (Lipinski definition) is 2. The van der Waals surface area contributed by atoms with Crippen LogP contribution in [-0.2, 0) is 9.53 Å². The zero-order valence-corrected chi connectivity index (χ0v) is 7.85. The van der Waals surface area contributed by atoms with Gasteiger partial charge in [-0.15, -0.1) is 0 Å². The molecule has 2 atom stereocenters. The molecule has 0 spiro atoms. The van der Waals surface area contributed by atoms with Crippen LogP contribution >= 0.6 is 0 Å². The Hall–Kier alpha value is -0.670. The summed E-state index contributed by atoms with van der Waals surface area (Å²) >= 11 is 0. The standard InChI is InChI=1S/C9H14F2O2/c1-9(10,11)7-4-3-6(5-7)8(12)13-2/h6-7H,3-5H2,1-2H3. The molecule has 2 nitrogen and oxygen atoms in total. The van der Waals surface area contributed by atoms with Crippen molar-refractivity contribution in [3.63, 3.8) is 0 Å². The van der Waals surface area contributed by atoms with E-state index in [-0.39, 0.29) is 18.3 Å². The highest BCUT2D eigenvalue weighted by Gasteiger charge is 2.42. The molecule has 1 rings (SSSR count). The fourth-order valence-corrected chi connectivity index (χ4v) is 1.82. The van der Waals surface area contributed by atoms with E-state index >= 15 is 0 Å². The van der Waals surface area contributed by atoms with Crippen LogP contribution in [0.5, 0.6) is 0 Å². The number of alkyl halides is 2. The molecule has 0 aromatic carbocycles. The zero-order chi connectivity index (χ0) is 10.1. The molecule has 0 radical (unpaired) electrons. The minimum Gasteiger partial charge on any atom is -0.469 e. The Bertz CT molecular complexity index is 198. The van der Waals surface area contributed by atoms with E-state index in [4.69, 9.17) is 0 Å². The maximum atomic E-state index is 12.8. The molecule has 1 aliphatic carbocycles. The van der Waals surface area contributed by atoms with Gasteiger partial charge in [0.05, 0.1) is 13.0 Å². The van der Waals surface area contributed by atoms with Gasteiger partial charge in [0.1, 0.15) is 0 Å². The minimum atomic E-state index is -2.66. The fraction of sp³-hybridized carbons (Fsp3) is 0.889. The Morgan fingerprint density at radius 3 is 2.46 bits per heavy atom. The summed E-state index contributed by atoms with van der Waals surface area (Å²) in [6, 6.07) is 0. The van der Waals surface area contributed by atoms with Gasteiger partial charge in [0.15, 0.2) is 0 Å². The first-order chi connectivity index (χ1) is 5.95. The number of ether oxygens (including phenoxy) is 1. The van der Waals surface area contributed by atoms with Gasteiger partial charge in [-0.2, -0.15) is 0 Å². The van der Waals surface area contributed by atoms with Crippen molar-refractivity contribution in [3.05, 3.63) is 0 Å². The fourth-order valence-electron chi connectivity index (χ4n) is 1.82. The second kappa shape index (κ2) is 3.60. The first kappa shape index (κ1) is 10.4. The summed E-state index contributed by atoms with van der Waals surface area (Å²) in [7, 11) is 1.29. The third-order valence-corrected chi connectivity index (χ3v) is 2.68. The summed E-state index contributed by atoms with van der Waals surface area (Å²) in [6.45, 7) is 0.914. The number of carbonyl (C=O) groups excluding carboxylic acids is 1. The van der Waals surface area contributed by atoms with Crippen LogP contribution in [0.2, 0.25) is 0 Å². The lowest BCUT2D eigenvalue weighted by Gasteiger charge is -2.17. The van der Waals surface area contributed by atoms with Crippen molar-refractivity contribution >= 4 is 5.97 Å². The van der Waals surface area contributed by atoms with Crippen LogP contribution in [0, 0.1) is 11.8 Å². The lowest BCUT2D eigenvalue weighted by molar-refractivity contribution is -0.145. The summed E-state index contributed by atoms with van der Waals surface area (Å²) < 4.78 is 30.1. The SMILES string of the molecule is COC(=O)C1CCC(C(C)(F)F)C1. The molecule has 1 saturated carbocycles. The number of halogens is 2. The third-order valence-electron chi connectivity index (χ3n) is 2.68. The first-order valence-corrected chi connectivity index (χ1v) is 4.40. The van der Waals surface area contributed by atoms with E-state index in [0.29, 0.717) is 12.8 Å². The molecule has 0 amide bonds. The number of rotatable bonds is 2. The van der Waals surface area contributed by atoms with E-state index in [0.717, 1.165) is 6.92 Å². The maximum absolute atomic E-state index is 12.8. The summed E-state index contributed by atoms with van der Waals surface area (Å²) in [5, 5.41) is 0. The van der Waals surface area contributed by atoms with Gasteiger partial charge in [-0.1, -0.05) is 0 Å². The second-order valence-electron chi connectivity index (χ2n) is 3.69. The van der Waals surface area contributed by atoms with Gasteiger partial charge in [0.2, 0.25) is 5.92 Å². The predicted molar refractivity (Wildman–Crippen MR) is 43.5 cm³/mol. The second-order valence-corrected chi connectivity index (χ2v) is 3.69. The zero-order valence-electron chi connectivity index (χ0n) is 7.85. The molecule has 0 saturated heterocycles. The topological polar surface area (TPSA) is 26.3 Å². The Labute approximate surface area is 76.3 Å². The minimum absolute atomic E-state index is 0.260. The van der Waals surface area contributed by atoms with Crippen LogP contribution in [0.15, 0.2) is 0 Å². The summed E-state index contributed by atoms with van der Waals surface area (Å²) in [6.07, 6.45) is 1.21. The first-order valence-electron chi connectivity index (χ1n) is 4.40. The largest absolute Gasteiger partial charge is 0.469 e. The molecule has 0 aliphatic heterocycles. The van der Waals surface area contributed by atoms with E-state index in [9.17, 15) is 13.6 Å². The number of methoxy groups -OCH3 is 1. The van der Waals surface area contributed by atoms with Crippen molar-refractivity contribution in [2.45, 2.75) is 32.1 Å². The van der Waals surface area contributed by atoms with Gasteiger partial charge in [-0.05, 0) is 26.2 Å². The van der Waals surface area contributed by atoms with Crippen LogP contribution in [0.1, 0.15) is 26.2 Å². The van der Waals surface area contributed by atoms with Gasteiger partial charge in [0.25, 0.3) is 0 Å². The highest BCUT2D eigenvalue weighted by atomic mass is 19.3. The molecule has 0 aromatic rings. The normalized spacial score (nSPS) is 28.9. The number of hydrogen-bond donors (Lipinski definition) is 0. The molecular weight excluding hydrogens is 178 g/mol. The van der Waals surface area contributed by atoms with Crippen molar-refractivity contribution in [1.29, 1.82) is 0 Å². The van der Waals surface area contributed by atoms with Gasteiger partial charge in [0, 0.05) is 5.92 Å². The molecule has 1 aliphatic rings. The monoisotopic (exact) mass is 192 g/mol. The average Bonchev–Trinajstić information content (AvgIpc) is 2.50. The molecule has 76 valence electrons. The highest BCUT2D eigenvalue weighted by molar-refractivity contribution is 5.72. The van der Waals surface area contributed by atoms with E-state index in [1.165, 1.54) is 7.11 Å². The van der Waals surface area contributed by atoms with Crippen molar-refractivity contribution in [1.82, 2.24) is 0 Å². The van der Waals surface area contributed by atoms with E-state index in [1.807, 2.05) is 0 Å². The van der Waals surface area contributed by atoms with Crippen molar-refractivity contribution < 1.29 is 18.3 Å². The van der Waals surface area contributed by atoms with E-state index in [1.54, 1.807) is 0 Å². The van der Waals surface area contributed by atoms with Gasteiger partial charge < -0.3 is 4.74 Å². The Kier molecular flexibility index (Phi) is 2.88. The lowest BCUT2D eigenvalue weighted by Crippen LogP contribution is -2.23. The smallest absolute Gasteiger partial charge is 0.308 e. The highest BCUT2D eigenvalue weighted by Crippen LogP contribution is 2.40. The maximum Gasteiger partial charge on any atom is 0.308 e. The van der Waals surface area contributed by atoms with Crippen molar-refractivity contribution in [3.8, 4) is 0 Å². The van der Waals surface area contributed by atoms with Crippen molar-refractivity contribution in [2.75, 3.05) is 7.11 Å². The summed E-state index contributed by atoms with van der Waals surface area (Å²) in [5.74, 6) is -3.99. The predicted octanol–water partition coefficient (Wildman–Crippen LogP) is 2.23. The molecule has 0 bridgehead atoms.